The average molecular weight is 465 g/mol. The lowest BCUT2D eigenvalue weighted by atomic mass is 9.74. The molecule has 7 nitrogen and oxygen atoms in total. The van der Waals surface area contributed by atoms with Gasteiger partial charge in [-0.15, -0.1) is 0 Å². The van der Waals surface area contributed by atoms with Crippen molar-refractivity contribution in [2.45, 2.75) is 69.4 Å². The number of nitrogens with one attached hydrogen (secondary N) is 2. The van der Waals surface area contributed by atoms with E-state index in [1.165, 1.54) is 11.1 Å². The molecule has 7 heteroatoms. The minimum atomic E-state index is -0.936. The van der Waals surface area contributed by atoms with Gasteiger partial charge in [-0.05, 0) is 47.9 Å². The van der Waals surface area contributed by atoms with Gasteiger partial charge in [-0.25, -0.2) is 4.79 Å². The molecule has 0 bridgehead atoms. The van der Waals surface area contributed by atoms with Crippen molar-refractivity contribution in [2.24, 2.45) is 0 Å². The maximum Gasteiger partial charge on any atom is 0.407 e. The van der Waals surface area contributed by atoms with E-state index in [1.807, 2.05) is 31.2 Å². The number of carboxylic acids is 1. The number of rotatable bonds is 10. The van der Waals surface area contributed by atoms with Crippen LogP contribution in [0.3, 0.4) is 0 Å². The highest BCUT2D eigenvalue weighted by molar-refractivity contribution is 5.81. The fourth-order valence-electron chi connectivity index (χ4n) is 5.17. The summed E-state index contributed by atoms with van der Waals surface area (Å²) in [5, 5.41) is 14.9. The molecule has 0 aromatic heterocycles. The van der Waals surface area contributed by atoms with Crippen molar-refractivity contribution in [1.29, 1.82) is 0 Å². The predicted octanol–water partition coefficient (Wildman–Crippen LogP) is 4.60. The molecule has 1 fully saturated rings. The lowest BCUT2D eigenvalue weighted by Crippen LogP contribution is -2.56. The second-order valence-electron chi connectivity index (χ2n) is 9.41. The number of carbonyl (C=O) groups is 3. The minimum absolute atomic E-state index is 0.0235. The Kier molecular flexibility index (Phi) is 7.20. The minimum Gasteiger partial charge on any atom is -0.481 e. The highest BCUT2D eigenvalue weighted by atomic mass is 16.5. The SMILES string of the molecule is CCCC(CC(=O)O)NC(=O)CC1(NC(=O)OCC2c3ccccc3-c3ccccc32)CCC1. The van der Waals surface area contributed by atoms with Gasteiger partial charge in [0.1, 0.15) is 6.61 Å². The first-order chi connectivity index (χ1) is 16.4. The molecular formula is C27H32N2O5. The first-order valence-corrected chi connectivity index (χ1v) is 12.0. The summed E-state index contributed by atoms with van der Waals surface area (Å²) in [4.78, 5) is 36.5. The number of alkyl carbamates (subject to hydrolysis) is 1. The molecule has 34 heavy (non-hydrogen) atoms. The Labute approximate surface area is 199 Å². The van der Waals surface area contributed by atoms with Crippen molar-refractivity contribution < 1.29 is 24.2 Å². The van der Waals surface area contributed by atoms with Crippen molar-refractivity contribution in [3.63, 3.8) is 0 Å². The number of fused-ring (bicyclic) bond motifs is 3. The Morgan fingerprint density at radius 2 is 1.68 bits per heavy atom. The molecule has 2 aromatic rings. The van der Waals surface area contributed by atoms with Gasteiger partial charge >= 0.3 is 12.1 Å². The number of carbonyl (C=O) groups excluding carboxylic acids is 2. The van der Waals surface area contributed by atoms with Gasteiger partial charge < -0.3 is 20.5 Å². The third kappa shape index (κ3) is 5.24. The Morgan fingerprint density at radius 3 is 2.21 bits per heavy atom. The number of benzene rings is 2. The van der Waals surface area contributed by atoms with Crippen LogP contribution < -0.4 is 10.6 Å². The zero-order valence-corrected chi connectivity index (χ0v) is 19.5. The van der Waals surface area contributed by atoms with Crippen molar-refractivity contribution in [1.82, 2.24) is 10.6 Å². The Hall–Kier alpha value is -3.35. The van der Waals surface area contributed by atoms with E-state index in [4.69, 9.17) is 9.84 Å². The highest BCUT2D eigenvalue weighted by Crippen LogP contribution is 2.44. The van der Waals surface area contributed by atoms with Gasteiger partial charge in [-0.2, -0.15) is 0 Å². The zero-order valence-electron chi connectivity index (χ0n) is 19.5. The molecule has 2 amide bonds. The number of amides is 2. The molecule has 1 saturated carbocycles. The molecule has 0 aliphatic heterocycles. The van der Waals surface area contributed by atoms with E-state index in [2.05, 4.69) is 34.9 Å². The maximum atomic E-state index is 12.7. The fourth-order valence-corrected chi connectivity index (χ4v) is 5.17. The van der Waals surface area contributed by atoms with Crippen LogP contribution in [0.15, 0.2) is 48.5 Å². The standard InChI is InChI=1S/C27H32N2O5/c1-2-8-18(15-25(31)32)28-24(30)16-27(13-7-14-27)29-26(33)34-17-23-21-11-5-3-9-19(21)20-10-4-6-12-22(20)23/h3-6,9-12,18,23H,2,7-8,13-17H2,1H3,(H,28,30)(H,29,33)(H,31,32). The van der Waals surface area contributed by atoms with Gasteiger partial charge in [0, 0.05) is 18.4 Å². The molecule has 2 aliphatic carbocycles. The fraction of sp³-hybridized carbons (Fsp3) is 0.444. The quantitative estimate of drug-likeness (QED) is 0.477. The first-order valence-electron chi connectivity index (χ1n) is 12.0. The normalized spacial score (nSPS) is 16.5. The smallest absolute Gasteiger partial charge is 0.407 e. The van der Waals surface area contributed by atoms with Crippen LogP contribution in [0.4, 0.5) is 4.79 Å². The molecule has 0 radical (unpaired) electrons. The van der Waals surface area contributed by atoms with Gasteiger partial charge in [0.05, 0.1) is 12.0 Å². The molecule has 0 saturated heterocycles. The summed E-state index contributed by atoms with van der Waals surface area (Å²) in [5.74, 6) is -1.20. The zero-order chi connectivity index (χ0) is 24.1. The largest absolute Gasteiger partial charge is 0.481 e. The number of hydrogen-bond donors (Lipinski definition) is 3. The average Bonchev–Trinajstić information content (AvgIpc) is 3.09. The lowest BCUT2D eigenvalue weighted by molar-refractivity contribution is -0.137. The van der Waals surface area contributed by atoms with Crippen LogP contribution in [0.1, 0.15) is 68.9 Å². The van der Waals surface area contributed by atoms with E-state index >= 15 is 0 Å². The molecule has 0 spiro atoms. The predicted molar refractivity (Wildman–Crippen MR) is 128 cm³/mol. The van der Waals surface area contributed by atoms with Crippen molar-refractivity contribution >= 4 is 18.0 Å². The number of ether oxygens (including phenoxy) is 1. The Bertz CT molecular complexity index is 1020. The van der Waals surface area contributed by atoms with Crippen LogP contribution in [-0.4, -0.2) is 41.3 Å². The van der Waals surface area contributed by atoms with Gasteiger partial charge in [-0.3, -0.25) is 9.59 Å². The summed E-state index contributed by atoms with van der Waals surface area (Å²) in [6.45, 7) is 2.17. The summed E-state index contributed by atoms with van der Waals surface area (Å²) in [5.41, 5.74) is 4.00. The second-order valence-corrected chi connectivity index (χ2v) is 9.41. The molecule has 2 aliphatic rings. The first kappa shape index (κ1) is 23.8. The van der Waals surface area contributed by atoms with Crippen LogP contribution in [0, 0.1) is 0 Å². The Balaban J connectivity index is 1.35. The third-order valence-corrected chi connectivity index (χ3v) is 6.94. The number of aliphatic carboxylic acids is 1. The molecule has 1 unspecified atom stereocenters. The molecule has 3 N–H and O–H groups in total. The number of hydrogen-bond acceptors (Lipinski definition) is 4. The van der Waals surface area contributed by atoms with Crippen LogP contribution in [-0.2, 0) is 14.3 Å². The molecular weight excluding hydrogens is 432 g/mol. The molecule has 4 rings (SSSR count). The van der Waals surface area contributed by atoms with E-state index in [9.17, 15) is 14.4 Å². The maximum absolute atomic E-state index is 12.7. The van der Waals surface area contributed by atoms with E-state index < -0.39 is 23.6 Å². The van der Waals surface area contributed by atoms with Gasteiger partial charge in [0.25, 0.3) is 0 Å². The van der Waals surface area contributed by atoms with Gasteiger partial charge in [0.2, 0.25) is 5.91 Å². The summed E-state index contributed by atoms with van der Waals surface area (Å²) < 4.78 is 5.67. The van der Waals surface area contributed by atoms with E-state index in [0.29, 0.717) is 19.3 Å². The Morgan fingerprint density at radius 1 is 1.06 bits per heavy atom. The van der Waals surface area contributed by atoms with E-state index in [1.54, 1.807) is 0 Å². The van der Waals surface area contributed by atoms with Crippen LogP contribution in [0.2, 0.25) is 0 Å². The van der Waals surface area contributed by atoms with Crippen molar-refractivity contribution in [3.05, 3.63) is 59.7 Å². The van der Waals surface area contributed by atoms with E-state index in [-0.39, 0.29) is 31.3 Å². The topological polar surface area (TPSA) is 105 Å². The van der Waals surface area contributed by atoms with Gasteiger partial charge in [-0.1, -0.05) is 61.9 Å². The lowest BCUT2D eigenvalue weighted by Gasteiger charge is -2.41. The molecule has 0 heterocycles. The monoisotopic (exact) mass is 464 g/mol. The van der Waals surface area contributed by atoms with Crippen LogP contribution in [0.25, 0.3) is 11.1 Å². The van der Waals surface area contributed by atoms with E-state index in [0.717, 1.165) is 24.0 Å². The summed E-state index contributed by atoms with van der Waals surface area (Å²) in [6, 6.07) is 15.9. The molecule has 180 valence electrons. The van der Waals surface area contributed by atoms with Crippen LogP contribution in [0.5, 0.6) is 0 Å². The van der Waals surface area contributed by atoms with Crippen molar-refractivity contribution in [2.75, 3.05) is 6.61 Å². The van der Waals surface area contributed by atoms with Crippen LogP contribution >= 0.6 is 0 Å². The molecule has 1 atom stereocenters. The summed E-state index contributed by atoms with van der Waals surface area (Å²) in [6.07, 6.45) is 3.19. The number of carboxylic acid groups (broad SMARTS) is 1. The summed E-state index contributed by atoms with van der Waals surface area (Å²) in [7, 11) is 0. The highest BCUT2D eigenvalue weighted by Gasteiger charge is 2.41. The van der Waals surface area contributed by atoms with Gasteiger partial charge in [0.15, 0.2) is 0 Å². The van der Waals surface area contributed by atoms with Crippen molar-refractivity contribution in [3.8, 4) is 11.1 Å². The third-order valence-electron chi connectivity index (χ3n) is 6.94. The summed E-state index contributed by atoms with van der Waals surface area (Å²) >= 11 is 0. The molecule has 2 aromatic carbocycles. The second kappa shape index (κ2) is 10.3.